The number of pyridine rings is 2. The first kappa shape index (κ1) is 20.0. The lowest BCUT2D eigenvalue weighted by molar-refractivity contribution is -0.152. The van der Waals surface area contributed by atoms with Crippen molar-refractivity contribution in [2.75, 3.05) is 0 Å². The second kappa shape index (κ2) is 8.25. The van der Waals surface area contributed by atoms with E-state index in [1.165, 1.54) is 12.1 Å². The van der Waals surface area contributed by atoms with E-state index >= 15 is 0 Å². The first-order chi connectivity index (χ1) is 14.9. The summed E-state index contributed by atoms with van der Waals surface area (Å²) in [7, 11) is 0. The van der Waals surface area contributed by atoms with Gasteiger partial charge in [-0.25, -0.2) is 9.59 Å². The summed E-state index contributed by atoms with van der Waals surface area (Å²) in [6.45, 7) is 0. The van der Waals surface area contributed by atoms with Crippen LogP contribution < -0.4 is 26.5 Å². The molecule has 2 aromatic carbocycles. The van der Waals surface area contributed by atoms with E-state index in [0.29, 0.717) is 21.8 Å². The Bertz CT molecular complexity index is 1420. The Kier molecular flexibility index (Phi) is 5.33. The van der Waals surface area contributed by atoms with Crippen molar-refractivity contribution < 1.29 is 19.3 Å². The van der Waals surface area contributed by atoms with Crippen molar-refractivity contribution in [3.05, 3.63) is 93.5 Å². The van der Waals surface area contributed by atoms with Gasteiger partial charge < -0.3 is 15.4 Å². The summed E-state index contributed by atoms with van der Waals surface area (Å²) in [4.78, 5) is 59.2. The third kappa shape index (κ3) is 4.07. The fraction of sp³-hybridized carbons (Fsp3) is 0.0909. The van der Waals surface area contributed by atoms with Crippen LogP contribution in [0.25, 0.3) is 21.8 Å². The summed E-state index contributed by atoms with van der Waals surface area (Å²) < 4.78 is 1.66. The molecule has 156 valence electrons. The van der Waals surface area contributed by atoms with Gasteiger partial charge in [-0.3, -0.25) is 9.59 Å². The maximum absolute atomic E-state index is 12.4. The van der Waals surface area contributed by atoms with Crippen LogP contribution in [0.4, 0.5) is 0 Å². The molecule has 2 N–H and O–H groups in total. The third-order valence-electron chi connectivity index (χ3n) is 4.59. The molecule has 0 spiro atoms. The average Bonchev–Trinajstić information content (AvgIpc) is 2.77. The van der Waals surface area contributed by atoms with Gasteiger partial charge in [-0.15, -0.1) is 9.46 Å². The molecule has 0 fully saturated rings. The number of carbonyl (C=O) groups is 2. The van der Waals surface area contributed by atoms with E-state index in [1.807, 2.05) is 0 Å². The number of fused-ring (bicyclic) bond motifs is 2. The van der Waals surface area contributed by atoms with Gasteiger partial charge in [-0.2, -0.15) is 0 Å². The van der Waals surface area contributed by atoms with Crippen molar-refractivity contribution in [3.63, 3.8) is 0 Å². The zero-order valence-corrected chi connectivity index (χ0v) is 16.1. The smallest absolute Gasteiger partial charge is 0.333 e. The molecule has 0 aliphatic heterocycles. The largest absolute Gasteiger partial charge is 0.350 e. The highest BCUT2D eigenvalue weighted by atomic mass is 16.7. The molecule has 0 amide bonds. The number of hydrogen-bond donors (Lipinski definition) is 1. The van der Waals surface area contributed by atoms with Gasteiger partial charge in [0, 0.05) is 22.9 Å². The van der Waals surface area contributed by atoms with E-state index in [2.05, 4.69) is 0 Å². The topological polar surface area (TPSA) is 123 Å². The van der Waals surface area contributed by atoms with Gasteiger partial charge in [-0.05, 0) is 24.3 Å². The van der Waals surface area contributed by atoms with Crippen LogP contribution >= 0.6 is 0 Å². The molecule has 0 unspecified atom stereocenters. The van der Waals surface area contributed by atoms with Gasteiger partial charge in [0.05, 0.1) is 17.5 Å². The van der Waals surface area contributed by atoms with Gasteiger partial charge in [0.25, 0.3) is 11.1 Å². The Morgan fingerprint density at radius 2 is 1.23 bits per heavy atom. The molecular formula is C22H17N3O6. The molecule has 4 rings (SSSR count). The van der Waals surface area contributed by atoms with Crippen LogP contribution in [-0.4, -0.2) is 27.4 Å². The molecule has 0 aliphatic rings. The Morgan fingerprint density at radius 1 is 0.742 bits per heavy atom. The highest BCUT2D eigenvalue weighted by molar-refractivity contribution is 5.85. The second-order valence-electron chi connectivity index (χ2n) is 6.73. The predicted molar refractivity (Wildman–Crippen MR) is 112 cm³/mol. The second-order valence-corrected chi connectivity index (χ2v) is 6.73. The quantitative estimate of drug-likeness (QED) is 0.504. The molecule has 2 heterocycles. The number of para-hydroxylation sites is 2. The molecule has 2 aromatic heterocycles. The summed E-state index contributed by atoms with van der Waals surface area (Å²) in [6, 6.07) is 18.0. The van der Waals surface area contributed by atoms with Crippen LogP contribution in [0.2, 0.25) is 0 Å². The first-order valence-corrected chi connectivity index (χ1v) is 9.34. The highest BCUT2D eigenvalue weighted by Crippen LogP contribution is 2.11. The maximum Gasteiger partial charge on any atom is 0.350 e. The van der Waals surface area contributed by atoms with Gasteiger partial charge in [-0.1, -0.05) is 36.4 Å². The van der Waals surface area contributed by atoms with Crippen molar-refractivity contribution in [2.24, 2.45) is 5.73 Å². The van der Waals surface area contributed by atoms with Crippen LogP contribution in [0.1, 0.15) is 6.42 Å². The van der Waals surface area contributed by atoms with E-state index < -0.39 is 35.5 Å². The lowest BCUT2D eigenvalue weighted by Gasteiger charge is -2.14. The Morgan fingerprint density at radius 3 is 1.77 bits per heavy atom. The lowest BCUT2D eigenvalue weighted by atomic mass is 10.2. The van der Waals surface area contributed by atoms with E-state index in [1.54, 1.807) is 60.7 Å². The molecule has 0 radical (unpaired) electrons. The summed E-state index contributed by atoms with van der Waals surface area (Å²) in [5.74, 6) is -1.91. The number of hydrogen-bond acceptors (Lipinski definition) is 7. The fourth-order valence-corrected chi connectivity index (χ4v) is 3.07. The van der Waals surface area contributed by atoms with Crippen LogP contribution in [0.5, 0.6) is 0 Å². The molecule has 9 heteroatoms. The maximum atomic E-state index is 12.4. The number of aromatic nitrogens is 2. The summed E-state index contributed by atoms with van der Waals surface area (Å²) in [5, 5.41) is 1.37. The molecular weight excluding hydrogens is 402 g/mol. The summed E-state index contributed by atoms with van der Waals surface area (Å²) >= 11 is 0. The average molecular weight is 419 g/mol. The summed E-state index contributed by atoms with van der Waals surface area (Å²) in [5.41, 5.74) is 5.44. The monoisotopic (exact) mass is 419 g/mol. The Labute approximate surface area is 174 Å². The van der Waals surface area contributed by atoms with E-state index in [4.69, 9.17) is 15.4 Å². The van der Waals surface area contributed by atoms with Crippen molar-refractivity contribution in [3.8, 4) is 0 Å². The van der Waals surface area contributed by atoms with Gasteiger partial charge in [0.1, 0.15) is 6.04 Å². The molecule has 0 saturated heterocycles. The van der Waals surface area contributed by atoms with Gasteiger partial charge in [0.15, 0.2) is 0 Å². The molecule has 0 aliphatic carbocycles. The number of rotatable bonds is 5. The predicted octanol–water partition coefficient (Wildman–Crippen LogP) is 0.644. The standard InChI is InChI=1S/C22H17N3O6/c23-16(22(29)31-25-18-8-4-2-6-15(18)10-12-20(25)27)13-21(28)30-24-17-7-3-1-5-14(17)9-11-19(24)26/h1-12,16H,13,23H2/t16-/m0/s1. The minimum absolute atomic E-state index is 0.375. The van der Waals surface area contributed by atoms with Crippen LogP contribution in [0.15, 0.2) is 82.4 Å². The number of nitrogens with two attached hydrogens (primary N) is 1. The van der Waals surface area contributed by atoms with Gasteiger partial charge >= 0.3 is 11.9 Å². The first-order valence-electron chi connectivity index (χ1n) is 9.34. The summed E-state index contributed by atoms with van der Waals surface area (Å²) in [6.07, 6.45) is -0.561. The number of carbonyl (C=O) groups excluding carboxylic acids is 2. The normalized spacial score (nSPS) is 11.9. The fourth-order valence-electron chi connectivity index (χ4n) is 3.07. The van der Waals surface area contributed by atoms with E-state index in [0.717, 1.165) is 9.46 Å². The molecule has 0 bridgehead atoms. The number of nitrogens with zero attached hydrogens (tertiary/aromatic N) is 2. The van der Waals surface area contributed by atoms with Crippen LogP contribution in [0.3, 0.4) is 0 Å². The van der Waals surface area contributed by atoms with E-state index in [9.17, 15) is 19.2 Å². The van der Waals surface area contributed by atoms with Crippen LogP contribution in [-0.2, 0) is 9.59 Å². The SMILES string of the molecule is N[C@@H](CC(=O)On1c(=O)ccc2ccccc21)C(=O)On1c(=O)ccc2ccccc21. The zero-order chi connectivity index (χ0) is 22.0. The Hall–Kier alpha value is -4.24. The third-order valence-corrected chi connectivity index (χ3v) is 4.59. The van der Waals surface area contributed by atoms with Crippen LogP contribution in [0, 0.1) is 0 Å². The van der Waals surface area contributed by atoms with Crippen molar-refractivity contribution in [1.29, 1.82) is 0 Å². The highest BCUT2D eigenvalue weighted by Gasteiger charge is 2.23. The molecule has 1 atom stereocenters. The Balaban J connectivity index is 1.50. The molecule has 0 saturated carbocycles. The van der Waals surface area contributed by atoms with Crippen molar-refractivity contribution in [2.45, 2.75) is 12.5 Å². The van der Waals surface area contributed by atoms with Crippen molar-refractivity contribution >= 4 is 33.7 Å². The molecule has 31 heavy (non-hydrogen) atoms. The van der Waals surface area contributed by atoms with Gasteiger partial charge in [0.2, 0.25) is 0 Å². The minimum Gasteiger partial charge on any atom is -0.333 e. The molecule has 9 nitrogen and oxygen atoms in total. The van der Waals surface area contributed by atoms with E-state index in [-0.39, 0.29) is 0 Å². The lowest BCUT2D eigenvalue weighted by Crippen LogP contribution is -2.43. The molecule has 4 aromatic rings. The number of benzene rings is 2. The zero-order valence-electron chi connectivity index (χ0n) is 16.1. The minimum atomic E-state index is -1.41. The van der Waals surface area contributed by atoms with Crippen molar-refractivity contribution in [1.82, 2.24) is 9.46 Å².